The summed E-state index contributed by atoms with van der Waals surface area (Å²) in [6.45, 7) is 1.48. The molecule has 0 aromatic heterocycles. The van der Waals surface area contributed by atoms with Gasteiger partial charge < -0.3 is 14.2 Å². The normalized spacial score (nSPS) is 12.6. The summed E-state index contributed by atoms with van der Waals surface area (Å²) in [5.74, 6) is -4.21. The molecule has 0 aliphatic carbocycles. The fourth-order valence-electron chi connectivity index (χ4n) is 3.86. The first-order chi connectivity index (χ1) is 18.4. The van der Waals surface area contributed by atoms with E-state index in [0.717, 1.165) is 31.4 Å². The molecule has 0 heterocycles. The highest BCUT2D eigenvalue weighted by Gasteiger charge is 2.72. The number of benzene rings is 3. The van der Waals surface area contributed by atoms with Crippen LogP contribution < -0.4 is 9.47 Å². The third kappa shape index (κ3) is 6.00. The SMILES string of the molecule is COC(=O)c1ccc(C(=O)Oc2ccc(C(c3ccc(C)cc3)(C(F)(F)F)C(F)(F)F)cc2)cc1OC(F)(F)F. The molecule has 0 amide bonds. The number of alkyl halides is 9. The number of hydrogen-bond donors (Lipinski definition) is 0. The smallest absolute Gasteiger partial charge is 0.465 e. The van der Waals surface area contributed by atoms with Crippen LogP contribution in [0.5, 0.6) is 11.5 Å². The van der Waals surface area contributed by atoms with Gasteiger partial charge in [-0.05, 0) is 48.4 Å². The van der Waals surface area contributed by atoms with Crippen molar-refractivity contribution < 1.29 is 63.3 Å². The Bertz CT molecular complexity index is 1360. The van der Waals surface area contributed by atoms with Crippen molar-refractivity contribution in [3.05, 3.63) is 94.5 Å². The third-order valence-electron chi connectivity index (χ3n) is 5.68. The van der Waals surface area contributed by atoms with Gasteiger partial charge in [0.15, 0.2) is 0 Å². The second kappa shape index (κ2) is 10.7. The van der Waals surface area contributed by atoms with Crippen LogP contribution in [0.3, 0.4) is 0 Å². The number of methoxy groups -OCH3 is 1. The van der Waals surface area contributed by atoms with E-state index in [0.29, 0.717) is 48.0 Å². The summed E-state index contributed by atoms with van der Waals surface area (Å²) in [5, 5.41) is 0. The van der Waals surface area contributed by atoms with Crippen molar-refractivity contribution in [2.75, 3.05) is 7.11 Å². The van der Waals surface area contributed by atoms with Crippen LogP contribution in [-0.2, 0) is 10.2 Å². The molecular formula is C26H17F9O5. The van der Waals surface area contributed by atoms with Crippen molar-refractivity contribution in [1.82, 2.24) is 0 Å². The molecule has 0 saturated carbocycles. The Morgan fingerprint density at radius 2 is 1.18 bits per heavy atom. The van der Waals surface area contributed by atoms with Crippen LogP contribution in [0.1, 0.15) is 37.4 Å². The maximum absolute atomic E-state index is 14.2. The van der Waals surface area contributed by atoms with Crippen LogP contribution in [0.15, 0.2) is 66.7 Å². The minimum atomic E-state index is -5.84. The standard InChI is InChI=1S/C26H17F9O5/c1-14-3-6-16(7-4-14)23(24(27,28)29,25(30,31)32)17-8-10-18(11-9-17)39-21(36)15-5-12-19(22(37)38-2)20(13-15)40-26(33,34)35/h3-13H,1-2H3. The van der Waals surface area contributed by atoms with E-state index in [-0.39, 0.29) is 0 Å². The molecule has 0 atom stereocenters. The molecule has 3 aromatic rings. The average Bonchev–Trinajstić information content (AvgIpc) is 2.83. The lowest BCUT2D eigenvalue weighted by molar-refractivity contribution is -0.288. The van der Waals surface area contributed by atoms with Gasteiger partial charge in [-0.15, -0.1) is 13.2 Å². The number of esters is 2. The van der Waals surface area contributed by atoms with Gasteiger partial charge in [-0.25, -0.2) is 9.59 Å². The molecule has 0 radical (unpaired) electrons. The molecule has 14 heteroatoms. The van der Waals surface area contributed by atoms with Crippen LogP contribution in [0.2, 0.25) is 0 Å². The molecule has 0 aliphatic rings. The van der Waals surface area contributed by atoms with Gasteiger partial charge in [-0.1, -0.05) is 42.0 Å². The van der Waals surface area contributed by atoms with Gasteiger partial charge in [-0.3, -0.25) is 0 Å². The van der Waals surface area contributed by atoms with Crippen molar-refractivity contribution in [3.8, 4) is 11.5 Å². The predicted molar refractivity (Wildman–Crippen MR) is 120 cm³/mol. The second-order valence-electron chi connectivity index (χ2n) is 8.28. The van der Waals surface area contributed by atoms with Crippen LogP contribution in [0, 0.1) is 6.92 Å². The fourth-order valence-corrected chi connectivity index (χ4v) is 3.86. The van der Waals surface area contributed by atoms with E-state index < -0.39 is 69.8 Å². The molecule has 0 fully saturated rings. The van der Waals surface area contributed by atoms with Crippen molar-refractivity contribution in [2.45, 2.75) is 31.1 Å². The van der Waals surface area contributed by atoms with E-state index in [4.69, 9.17) is 4.74 Å². The number of carbonyl (C=O) groups excluding carboxylic acids is 2. The largest absolute Gasteiger partial charge is 0.573 e. The first-order valence-electron chi connectivity index (χ1n) is 10.9. The maximum Gasteiger partial charge on any atom is 0.573 e. The summed E-state index contributed by atoms with van der Waals surface area (Å²) in [6, 6.07) is 8.06. The Balaban J connectivity index is 2.00. The monoisotopic (exact) mass is 580 g/mol. The zero-order chi connectivity index (χ0) is 30.1. The van der Waals surface area contributed by atoms with Crippen molar-refractivity contribution in [2.24, 2.45) is 0 Å². The zero-order valence-electron chi connectivity index (χ0n) is 20.3. The van der Waals surface area contributed by atoms with Crippen LogP contribution in [0.4, 0.5) is 39.5 Å². The van der Waals surface area contributed by atoms with Crippen molar-refractivity contribution >= 4 is 11.9 Å². The van der Waals surface area contributed by atoms with E-state index in [1.54, 1.807) is 0 Å². The molecule has 0 saturated heterocycles. The van der Waals surface area contributed by atoms with Crippen molar-refractivity contribution in [1.29, 1.82) is 0 Å². The first-order valence-corrected chi connectivity index (χ1v) is 10.9. The number of aryl methyl sites for hydroxylation is 1. The summed E-state index contributed by atoms with van der Waals surface area (Å²) in [6.07, 6.45) is -16.9. The molecule has 0 bridgehead atoms. The fraction of sp³-hybridized carbons (Fsp3) is 0.231. The maximum atomic E-state index is 14.2. The Kier molecular flexibility index (Phi) is 8.14. The zero-order valence-corrected chi connectivity index (χ0v) is 20.3. The minimum Gasteiger partial charge on any atom is -0.465 e. The number of halogens is 9. The molecular weight excluding hydrogens is 563 g/mol. The molecule has 40 heavy (non-hydrogen) atoms. The molecule has 0 N–H and O–H groups in total. The summed E-state index contributed by atoms with van der Waals surface area (Å²) in [7, 11) is 0.886. The molecule has 5 nitrogen and oxygen atoms in total. The molecule has 0 spiro atoms. The van der Waals surface area contributed by atoms with Crippen LogP contribution in [-0.4, -0.2) is 37.8 Å². The van der Waals surface area contributed by atoms with E-state index >= 15 is 0 Å². The third-order valence-corrected chi connectivity index (χ3v) is 5.68. The highest BCUT2D eigenvalue weighted by Crippen LogP contribution is 2.56. The first kappa shape index (κ1) is 30.3. The van der Waals surface area contributed by atoms with Crippen molar-refractivity contribution in [3.63, 3.8) is 0 Å². The van der Waals surface area contributed by atoms with Gasteiger partial charge in [0.05, 0.1) is 12.7 Å². The molecule has 3 aromatic carbocycles. The molecule has 0 unspecified atom stereocenters. The Hall–Kier alpha value is -4.23. The number of carbonyl (C=O) groups is 2. The Morgan fingerprint density at radius 3 is 1.62 bits per heavy atom. The highest BCUT2D eigenvalue weighted by atomic mass is 19.4. The average molecular weight is 580 g/mol. The molecule has 3 rings (SSSR count). The lowest BCUT2D eigenvalue weighted by Gasteiger charge is -2.38. The lowest BCUT2D eigenvalue weighted by atomic mass is 9.72. The van der Waals surface area contributed by atoms with Gasteiger partial charge >= 0.3 is 30.7 Å². The Labute approximate surface area is 220 Å². The van der Waals surface area contributed by atoms with E-state index in [9.17, 15) is 49.1 Å². The van der Waals surface area contributed by atoms with Gasteiger partial charge in [-0.2, -0.15) is 26.3 Å². The predicted octanol–water partition coefficient (Wildman–Crippen LogP) is 7.31. The summed E-state index contributed by atoms with van der Waals surface area (Å²) >= 11 is 0. The summed E-state index contributed by atoms with van der Waals surface area (Å²) < 4.78 is 137. The minimum absolute atomic E-state index is 0.424. The second-order valence-corrected chi connectivity index (χ2v) is 8.28. The van der Waals surface area contributed by atoms with Crippen LogP contribution in [0.25, 0.3) is 0 Å². The quantitative estimate of drug-likeness (QED) is 0.174. The number of rotatable bonds is 6. The molecule has 214 valence electrons. The van der Waals surface area contributed by atoms with Gasteiger partial charge in [0.2, 0.25) is 5.41 Å². The van der Waals surface area contributed by atoms with Crippen LogP contribution >= 0.6 is 0 Å². The lowest BCUT2D eigenvalue weighted by Crippen LogP contribution is -2.54. The topological polar surface area (TPSA) is 61.8 Å². The summed E-state index contributed by atoms with van der Waals surface area (Å²) in [5.41, 5.74) is -7.59. The summed E-state index contributed by atoms with van der Waals surface area (Å²) in [4.78, 5) is 24.2. The molecule has 0 aliphatic heterocycles. The number of ether oxygens (including phenoxy) is 3. The van der Waals surface area contributed by atoms with E-state index in [1.165, 1.54) is 6.92 Å². The van der Waals surface area contributed by atoms with Gasteiger partial charge in [0, 0.05) is 0 Å². The van der Waals surface area contributed by atoms with Gasteiger partial charge in [0.1, 0.15) is 17.1 Å². The highest BCUT2D eigenvalue weighted by molar-refractivity contribution is 5.96. The number of hydrogen-bond acceptors (Lipinski definition) is 5. The van der Waals surface area contributed by atoms with Gasteiger partial charge in [0.25, 0.3) is 0 Å². The van der Waals surface area contributed by atoms with E-state index in [1.807, 2.05) is 0 Å². The van der Waals surface area contributed by atoms with E-state index in [2.05, 4.69) is 9.47 Å². The Morgan fingerprint density at radius 1 is 0.675 bits per heavy atom.